The van der Waals surface area contributed by atoms with Gasteiger partial charge in [0.2, 0.25) is 5.91 Å². The Labute approximate surface area is 137 Å². The minimum atomic E-state index is -0.346. The Morgan fingerprint density at radius 1 is 1.48 bits per heavy atom. The first-order valence-electron chi connectivity index (χ1n) is 8.11. The zero-order chi connectivity index (χ0) is 16.7. The van der Waals surface area contributed by atoms with E-state index in [1.807, 2.05) is 30.3 Å². The lowest BCUT2D eigenvalue weighted by Crippen LogP contribution is -2.26. The highest BCUT2D eigenvalue weighted by atomic mass is 16.3. The van der Waals surface area contributed by atoms with Gasteiger partial charge in [0.05, 0.1) is 17.1 Å². The highest BCUT2D eigenvalue weighted by Gasteiger charge is 2.09. The summed E-state index contributed by atoms with van der Waals surface area (Å²) in [4.78, 5) is 16.4. The van der Waals surface area contributed by atoms with E-state index in [4.69, 9.17) is 0 Å². The van der Waals surface area contributed by atoms with Gasteiger partial charge in [-0.15, -0.1) is 6.58 Å². The molecule has 0 saturated heterocycles. The molecule has 124 valence electrons. The van der Waals surface area contributed by atoms with E-state index in [0.29, 0.717) is 38.8 Å². The van der Waals surface area contributed by atoms with Gasteiger partial charge in [0.15, 0.2) is 0 Å². The largest absolute Gasteiger partial charge is 0.393 e. The monoisotopic (exact) mass is 315 g/mol. The van der Waals surface area contributed by atoms with Crippen molar-refractivity contribution in [3.63, 3.8) is 0 Å². The summed E-state index contributed by atoms with van der Waals surface area (Å²) < 4.78 is 2.13. The summed E-state index contributed by atoms with van der Waals surface area (Å²) in [5.74, 6) is 0.979. The molecule has 0 fully saturated rings. The normalized spacial score (nSPS) is 12.3. The number of benzene rings is 1. The first-order chi connectivity index (χ1) is 11.1. The summed E-state index contributed by atoms with van der Waals surface area (Å²) in [5, 5.41) is 12.1. The fourth-order valence-corrected chi connectivity index (χ4v) is 2.61. The Bertz CT molecular complexity index is 661. The number of para-hydroxylation sites is 2. The van der Waals surface area contributed by atoms with Crippen molar-refractivity contribution in [2.24, 2.45) is 0 Å². The van der Waals surface area contributed by atoms with Crippen LogP contribution in [0.15, 0.2) is 36.9 Å². The van der Waals surface area contributed by atoms with Crippen LogP contribution in [-0.4, -0.2) is 33.2 Å². The van der Waals surface area contributed by atoms with E-state index in [1.165, 1.54) is 0 Å². The van der Waals surface area contributed by atoms with E-state index < -0.39 is 0 Å². The Balaban J connectivity index is 1.90. The average molecular weight is 315 g/mol. The lowest BCUT2D eigenvalue weighted by Gasteiger charge is -2.08. The zero-order valence-corrected chi connectivity index (χ0v) is 13.7. The fourth-order valence-electron chi connectivity index (χ4n) is 2.61. The quantitative estimate of drug-likeness (QED) is 0.698. The van der Waals surface area contributed by atoms with Crippen LogP contribution in [0, 0.1) is 0 Å². The number of allylic oxidation sites excluding steroid dienone is 1. The van der Waals surface area contributed by atoms with E-state index in [-0.39, 0.29) is 12.0 Å². The maximum absolute atomic E-state index is 11.8. The van der Waals surface area contributed by atoms with Crippen LogP contribution in [0.2, 0.25) is 0 Å². The van der Waals surface area contributed by atoms with Gasteiger partial charge in [0.1, 0.15) is 5.82 Å². The smallest absolute Gasteiger partial charge is 0.220 e. The summed E-state index contributed by atoms with van der Waals surface area (Å²) in [7, 11) is 0. The highest BCUT2D eigenvalue weighted by Crippen LogP contribution is 2.16. The molecule has 0 spiro atoms. The maximum atomic E-state index is 11.8. The molecule has 0 saturated carbocycles. The number of aliphatic hydroxyl groups excluding tert-OH is 1. The topological polar surface area (TPSA) is 67.2 Å². The number of hydrogen-bond acceptors (Lipinski definition) is 3. The van der Waals surface area contributed by atoms with E-state index in [0.717, 1.165) is 16.9 Å². The van der Waals surface area contributed by atoms with Gasteiger partial charge in [-0.3, -0.25) is 4.79 Å². The van der Waals surface area contributed by atoms with Crippen LogP contribution < -0.4 is 5.32 Å². The van der Waals surface area contributed by atoms with Gasteiger partial charge < -0.3 is 15.0 Å². The van der Waals surface area contributed by atoms with Crippen LogP contribution in [-0.2, 0) is 17.8 Å². The molecule has 23 heavy (non-hydrogen) atoms. The number of aliphatic hydroxyl groups is 1. The van der Waals surface area contributed by atoms with Crippen LogP contribution in [0.5, 0.6) is 0 Å². The van der Waals surface area contributed by atoms with Crippen molar-refractivity contribution in [3.05, 3.63) is 42.7 Å². The van der Waals surface area contributed by atoms with Gasteiger partial charge in [0.25, 0.3) is 0 Å². The zero-order valence-electron chi connectivity index (χ0n) is 13.7. The number of nitrogens with zero attached hydrogens (tertiary/aromatic N) is 2. The summed E-state index contributed by atoms with van der Waals surface area (Å²) in [5.41, 5.74) is 2.05. The second-order valence-electron chi connectivity index (χ2n) is 5.76. The van der Waals surface area contributed by atoms with Crippen molar-refractivity contribution >= 4 is 16.9 Å². The number of nitrogens with one attached hydrogen (secondary N) is 1. The Morgan fingerprint density at radius 3 is 3.00 bits per heavy atom. The molecule has 0 aliphatic heterocycles. The molecule has 1 aromatic heterocycles. The number of imidazole rings is 1. The maximum Gasteiger partial charge on any atom is 0.220 e. The van der Waals surface area contributed by atoms with Gasteiger partial charge >= 0.3 is 0 Å². The van der Waals surface area contributed by atoms with Crippen molar-refractivity contribution in [3.8, 4) is 0 Å². The lowest BCUT2D eigenvalue weighted by molar-refractivity contribution is -0.121. The molecule has 1 unspecified atom stereocenters. The predicted molar refractivity (Wildman–Crippen MR) is 92.2 cm³/mol. The van der Waals surface area contributed by atoms with Gasteiger partial charge in [-0.2, -0.15) is 0 Å². The van der Waals surface area contributed by atoms with Gasteiger partial charge in [0, 0.05) is 25.9 Å². The van der Waals surface area contributed by atoms with Crippen LogP contribution in [0.4, 0.5) is 0 Å². The number of aromatic nitrogens is 2. The van der Waals surface area contributed by atoms with Crippen molar-refractivity contribution in [2.45, 2.75) is 45.3 Å². The fraction of sp³-hybridized carbons (Fsp3) is 0.444. The van der Waals surface area contributed by atoms with Crippen molar-refractivity contribution in [1.29, 1.82) is 0 Å². The molecule has 0 radical (unpaired) electrons. The van der Waals surface area contributed by atoms with Gasteiger partial charge in [-0.05, 0) is 31.9 Å². The summed E-state index contributed by atoms with van der Waals surface area (Å²) in [6.45, 7) is 6.81. The SMILES string of the molecule is C=CCn1c(CCNC(=O)CCCC(C)O)nc2ccccc21. The average Bonchev–Trinajstić information content (AvgIpc) is 2.85. The van der Waals surface area contributed by atoms with Crippen LogP contribution in [0.25, 0.3) is 11.0 Å². The Kier molecular flexibility index (Phi) is 6.35. The molecular formula is C18H25N3O2. The predicted octanol–water partition coefficient (Wildman–Crippen LogP) is 2.43. The molecule has 1 atom stereocenters. The summed E-state index contributed by atoms with van der Waals surface area (Å²) in [6.07, 6.45) is 4.01. The first-order valence-corrected chi connectivity index (χ1v) is 8.11. The number of rotatable bonds is 9. The van der Waals surface area contributed by atoms with E-state index in [9.17, 15) is 9.90 Å². The number of carbonyl (C=O) groups excluding carboxylic acids is 1. The number of fused-ring (bicyclic) bond motifs is 1. The molecule has 2 N–H and O–H groups in total. The molecule has 0 aliphatic rings. The molecule has 1 amide bonds. The molecule has 1 aromatic carbocycles. The summed E-state index contributed by atoms with van der Waals surface area (Å²) in [6, 6.07) is 8.01. The molecule has 5 nitrogen and oxygen atoms in total. The number of carbonyl (C=O) groups is 1. The summed E-state index contributed by atoms with van der Waals surface area (Å²) >= 11 is 0. The van der Waals surface area contributed by atoms with Gasteiger partial charge in [-0.25, -0.2) is 4.98 Å². The third-order valence-corrected chi connectivity index (χ3v) is 3.74. The minimum Gasteiger partial charge on any atom is -0.393 e. The van der Waals surface area contributed by atoms with Crippen molar-refractivity contribution < 1.29 is 9.90 Å². The van der Waals surface area contributed by atoms with Crippen molar-refractivity contribution in [1.82, 2.24) is 14.9 Å². The minimum absolute atomic E-state index is 0.0250. The first kappa shape index (κ1) is 17.2. The third kappa shape index (κ3) is 4.93. The van der Waals surface area contributed by atoms with Crippen LogP contribution in [0.1, 0.15) is 32.0 Å². The second kappa shape index (κ2) is 8.48. The third-order valence-electron chi connectivity index (χ3n) is 3.74. The molecular weight excluding hydrogens is 290 g/mol. The molecule has 0 bridgehead atoms. The molecule has 1 heterocycles. The Morgan fingerprint density at radius 2 is 2.26 bits per heavy atom. The van der Waals surface area contributed by atoms with E-state index >= 15 is 0 Å². The molecule has 5 heteroatoms. The van der Waals surface area contributed by atoms with E-state index in [1.54, 1.807) is 6.92 Å². The number of hydrogen-bond donors (Lipinski definition) is 2. The number of amides is 1. The van der Waals surface area contributed by atoms with Crippen LogP contribution >= 0.6 is 0 Å². The van der Waals surface area contributed by atoms with E-state index in [2.05, 4.69) is 21.4 Å². The van der Waals surface area contributed by atoms with Crippen LogP contribution in [0.3, 0.4) is 0 Å². The highest BCUT2D eigenvalue weighted by molar-refractivity contribution is 5.76. The molecule has 2 rings (SSSR count). The van der Waals surface area contributed by atoms with Gasteiger partial charge in [-0.1, -0.05) is 18.2 Å². The van der Waals surface area contributed by atoms with Crippen molar-refractivity contribution in [2.75, 3.05) is 6.54 Å². The second-order valence-corrected chi connectivity index (χ2v) is 5.76. The molecule has 2 aromatic rings. The standard InChI is InChI=1S/C18H25N3O2/c1-3-13-21-16-9-5-4-8-15(16)20-17(21)11-12-19-18(23)10-6-7-14(2)22/h3-5,8-9,14,22H,1,6-7,10-13H2,2H3,(H,19,23). The lowest BCUT2D eigenvalue weighted by atomic mass is 10.1. The Hall–Kier alpha value is -2.14. The molecule has 0 aliphatic carbocycles.